The molecular formula is C22H23Cl2NO2. The summed E-state index contributed by atoms with van der Waals surface area (Å²) in [5.74, 6) is 1.74. The number of hydrogen-bond acceptors (Lipinski definition) is 3. The van der Waals surface area contributed by atoms with Gasteiger partial charge < -0.3 is 14.8 Å². The van der Waals surface area contributed by atoms with Crippen LogP contribution in [0.3, 0.4) is 0 Å². The molecule has 0 aliphatic carbocycles. The van der Waals surface area contributed by atoms with Crippen LogP contribution in [0.2, 0.25) is 5.02 Å². The van der Waals surface area contributed by atoms with Crippen molar-refractivity contribution in [3.05, 3.63) is 94.5 Å². The van der Waals surface area contributed by atoms with E-state index >= 15 is 0 Å². The zero-order chi connectivity index (χ0) is 18.2. The predicted molar refractivity (Wildman–Crippen MR) is 113 cm³/mol. The van der Waals surface area contributed by atoms with Crippen molar-refractivity contribution in [2.24, 2.45) is 0 Å². The molecule has 27 heavy (non-hydrogen) atoms. The second-order valence-corrected chi connectivity index (χ2v) is 6.35. The Balaban J connectivity index is 0.00000261. The van der Waals surface area contributed by atoms with Crippen LogP contribution in [0.25, 0.3) is 0 Å². The van der Waals surface area contributed by atoms with E-state index in [1.54, 1.807) is 7.11 Å². The Morgan fingerprint density at radius 3 is 2.19 bits per heavy atom. The van der Waals surface area contributed by atoms with Crippen molar-refractivity contribution in [1.82, 2.24) is 5.32 Å². The highest BCUT2D eigenvalue weighted by atomic mass is 35.5. The Labute approximate surface area is 171 Å². The van der Waals surface area contributed by atoms with Crippen LogP contribution in [0.4, 0.5) is 0 Å². The summed E-state index contributed by atoms with van der Waals surface area (Å²) in [5, 5.41) is 4.17. The van der Waals surface area contributed by atoms with E-state index in [0.717, 1.165) is 40.7 Å². The SMILES string of the molecule is COc1ccccc1CNCc1ccc(OCc2ccccc2Cl)cc1.Cl. The van der Waals surface area contributed by atoms with E-state index in [-0.39, 0.29) is 12.4 Å². The molecule has 3 aromatic carbocycles. The van der Waals surface area contributed by atoms with E-state index in [1.165, 1.54) is 5.56 Å². The van der Waals surface area contributed by atoms with Crippen molar-refractivity contribution in [3.63, 3.8) is 0 Å². The smallest absolute Gasteiger partial charge is 0.123 e. The van der Waals surface area contributed by atoms with Crippen molar-refractivity contribution in [3.8, 4) is 11.5 Å². The maximum atomic E-state index is 6.15. The van der Waals surface area contributed by atoms with Crippen LogP contribution in [0.5, 0.6) is 11.5 Å². The van der Waals surface area contributed by atoms with Crippen molar-refractivity contribution in [2.75, 3.05) is 7.11 Å². The molecule has 3 aromatic rings. The van der Waals surface area contributed by atoms with Gasteiger partial charge in [-0.2, -0.15) is 0 Å². The van der Waals surface area contributed by atoms with Crippen molar-refractivity contribution in [2.45, 2.75) is 19.7 Å². The van der Waals surface area contributed by atoms with Gasteiger partial charge >= 0.3 is 0 Å². The molecule has 0 spiro atoms. The van der Waals surface area contributed by atoms with E-state index in [1.807, 2.05) is 54.6 Å². The molecule has 142 valence electrons. The summed E-state index contributed by atoms with van der Waals surface area (Å²) in [5.41, 5.74) is 3.33. The fourth-order valence-electron chi connectivity index (χ4n) is 2.67. The Hall–Kier alpha value is -2.20. The lowest BCUT2D eigenvalue weighted by Crippen LogP contribution is -2.13. The van der Waals surface area contributed by atoms with Crippen LogP contribution < -0.4 is 14.8 Å². The number of ether oxygens (including phenoxy) is 2. The first-order valence-corrected chi connectivity index (χ1v) is 8.92. The average molecular weight is 404 g/mol. The van der Waals surface area contributed by atoms with E-state index < -0.39 is 0 Å². The van der Waals surface area contributed by atoms with Gasteiger partial charge in [-0.25, -0.2) is 0 Å². The predicted octanol–water partition coefficient (Wildman–Crippen LogP) is 5.64. The van der Waals surface area contributed by atoms with Gasteiger partial charge in [-0.05, 0) is 29.8 Å². The van der Waals surface area contributed by atoms with E-state index in [2.05, 4.69) is 23.5 Å². The van der Waals surface area contributed by atoms with E-state index in [4.69, 9.17) is 21.1 Å². The van der Waals surface area contributed by atoms with Crippen LogP contribution in [0.1, 0.15) is 16.7 Å². The first-order valence-electron chi connectivity index (χ1n) is 8.54. The Morgan fingerprint density at radius 2 is 1.48 bits per heavy atom. The lowest BCUT2D eigenvalue weighted by Gasteiger charge is -2.10. The molecule has 0 radical (unpaired) electrons. The third kappa shape index (κ3) is 6.17. The molecule has 0 aliphatic rings. The van der Waals surface area contributed by atoms with Crippen LogP contribution in [0, 0.1) is 0 Å². The fourth-order valence-corrected chi connectivity index (χ4v) is 2.86. The van der Waals surface area contributed by atoms with Gasteiger partial charge in [0.05, 0.1) is 7.11 Å². The summed E-state index contributed by atoms with van der Waals surface area (Å²) in [6, 6.07) is 23.9. The molecule has 0 unspecified atom stereocenters. The quantitative estimate of drug-likeness (QED) is 0.527. The number of methoxy groups -OCH3 is 1. The zero-order valence-corrected chi connectivity index (χ0v) is 16.7. The van der Waals surface area contributed by atoms with Crippen LogP contribution >= 0.6 is 24.0 Å². The highest BCUT2D eigenvalue weighted by molar-refractivity contribution is 6.31. The van der Waals surface area contributed by atoms with Gasteiger partial charge in [0, 0.05) is 29.2 Å². The zero-order valence-electron chi connectivity index (χ0n) is 15.2. The minimum Gasteiger partial charge on any atom is -0.496 e. The molecule has 0 fully saturated rings. The number of rotatable bonds is 8. The fraction of sp³-hybridized carbons (Fsp3) is 0.182. The molecule has 0 aromatic heterocycles. The summed E-state index contributed by atoms with van der Waals surface area (Å²) in [4.78, 5) is 0. The molecule has 0 atom stereocenters. The van der Waals surface area contributed by atoms with Crippen molar-refractivity contribution in [1.29, 1.82) is 0 Å². The molecule has 0 heterocycles. The molecule has 0 saturated carbocycles. The number of nitrogens with one attached hydrogen (secondary N) is 1. The van der Waals surface area contributed by atoms with Gasteiger partial charge in [0.2, 0.25) is 0 Å². The summed E-state index contributed by atoms with van der Waals surface area (Å²) < 4.78 is 11.2. The summed E-state index contributed by atoms with van der Waals surface area (Å²) in [6.45, 7) is 2.00. The maximum Gasteiger partial charge on any atom is 0.123 e. The normalized spacial score (nSPS) is 10.1. The summed E-state index contributed by atoms with van der Waals surface area (Å²) in [7, 11) is 1.69. The standard InChI is InChI=1S/C22H22ClNO2.ClH/c1-25-22-9-5-3-6-18(22)15-24-14-17-10-12-20(13-11-17)26-16-19-7-2-4-8-21(19)23;/h2-13,24H,14-16H2,1H3;1H. The Bertz CT molecular complexity index is 838. The first-order chi connectivity index (χ1) is 12.8. The average Bonchev–Trinajstić information content (AvgIpc) is 2.69. The highest BCUT2D eigenvalue weighted by Gasteiger charge is 2.03. The third-order valence-corrected chi connectivity index (χ3v) is 4.48. The van der Waals surface area contributed by atoms with Gasteiger partial charge in [-0.1, -0.05) is 60.1 Å². The van der Waals surface area contributed by atoms with Gasteiger partial charge in [-0.3, -0.25) is 0 Å². The van der Waals surface area contributed by atoms with Gasteiger partial charge in [0.1, 0.15) is 18.1 Å². The Morgan fingerprint density at radius 1 is 0.815 bits per heavy atom. The molecule has 0 amide bonds. The van der Waals surface area contributed by atoms with Crippen molar-refractivity contribution >= 4 is 24.0 Å². The van der Waals surface area contributed by atoms with Gasteiger partial charge in [0.15, 0.2) is 0 Å². The second-order valence-electron chi connectivity index (χ2n) is 5.94. The lowest BCUT2D eigenvalue weighted by atomic mass is 10.2. The number of hydrogen-bond donors (Lipinski definition) is 1. The number of benzene rings is 3. The number of para-hydroxylation sites is 1. The first kappa shape index (κ1) is 21.1. The van der Waals surface area contributed by atoms with Gasteiger partial charge in [0.25, 0.3) is 0 Å². The molecule has 0 bridgehead atoms. The van der Waals surface area contributed by atoms with E-state index in [0.29, 0.717) is 6.61 Å². The molecular weight excluding hydrogens is 381 g/mol. The molecule has 3 nitrogen and oxygen atoms in total. The number of halogens is 2. The second kappa shape index (κ2) is 10.8. The van der Waals surface area contributed by atoms with Crippen molar-refractivity contribution < 1.29 is 9.47 Å². The maximum absolute atomic E-state index is 6.15. The van der Waals surface area contributed by atoms with Crippen LogP contribution in [-0.4, -0.2) is 7.11 Å². The minimum atomic E-state index is 0. The lowest BCUT2D eigenvalue weighted by molar-refractivity contribution is 0.306. The van der Waals surface area contributed by atoms with Crippen LogP contribution in [0.15, 0.2) is 72.8 Å². The highest BCUT2D eigenvalue weighted by Crippen LogP contribution is 2.19. The molecule has 5 heteroatoms. The van der Waals surface area contributed by atoms with Crippen LogP contribution in [-0.2, 0) is 19.7 Å². The third-order valence-electron chi connectivity index (χ3n) is 4.11. The largest absolute Gasteiger partial charge is 0.496 e. The molecule has 3 rings (SSSR count). The summed E-state index contributed by atoms with van der Waals surface area (Å²) in [6.07, 6.45) is 0. The molecule has 0 saturated heterocycles. The van der Waals surface area contributed by atoms with E-state index in [9.17, 15) is 0 Å². The monoisotopic (exact) mass is 403 g/mol. The Kier molecular flexibility index (Phi) is 8.46. The molecule has 0 aliphatic heterocycles. The molecule has 1 N–H and O–H groups in total. The summed E-state index contributed by atoms with van der Waals surface area (Å²) >= 11 is 6.15. The van der Waals surface area contributed by atoms with Gasteiger partial charge in [-0.15, -0.1) is 12.4 Å². The minimum absolute atomic E-state index is 0. The topological polar surface area (TPSA) is 30.5 Å².